The van der Waals surface area contributed by atoms with Crippen molar-refractivity contribution in [2.75, 3.05) is 0 Å². The molecule has 26 heavy (non-hydrogen) atoms. The first-order valence-corrected chi connectivity index (χ1v) is 8.50. The lowest BCUT2D eigenvalue weighted by Gasteiger charge is -2.22. The number of fused-ring (bicyclic) bond motifs is 2. The van der Waals surface area contributed by atoms with Crippen LogP contribution < -0.4 is 0 Å². The molecular weight excluding hydrogens is 331 g/mol. The number of imidazole rings is 1. The summed E-state index contributed by atoms with van der Waals surface area (Å²) < 4.78 is 14.9. The molecule has 128 valence electrons. The number of nitrogens with zero attached hydrogens (tertiary/aromatic N) is 3. The summed E-state index contributed by atoms with van der Waals surface area (Å²) in [7, 11) is 0. The third-order valence-corrected chi connectivity index (χ3v) is 4.96. The fourth-order valence-corrected chi connectivity index (χ4v) is 3.64. The van der Waals surface area contributed by atoms with Crippen molar-refractivity contribution in [2.24, 2.45) is 0 Å². The van der Waals surface area contributed by atoms with Crippen LogP contribution in [-0.2, 0) is 6.42 Å². The Balaban J connectivity index is 1.57. The second-order valence-electron chi connectivity index (χ2n) is 6.57. The van der Waals surface area contributed by atoms with E-state index in [-0.39, 0.29) is 17.5 Å². The summed E-state index contributed by atoms with van der Waals surface area (Å²) in [4.78, 5) is 20.4. The van der Waals surface area contributed by atoms with Crippen LogP contribution in [-0.4, -0.2) is 25.5 Å². The Morgan fingerprint density at radius 3 is 2.69 bits per heavy atom. The molecule has 1 atom stereocenters. The predicted octanol–water partition coefficient (Wildman–Crippen LogP) is 3.80. The number of hydrogen-bond donors (Lipinski definition) is 1. The summed E-state index contributed by atoms with van der Waals surface area (Å²) in [6.07, 6.45) is 2.68. The number of H-pyrrole nitrogens is 1. The maximum Gasteiger partial charge on any atom is 0.229 e. The largest absolute Gasteiger partial charge is 0.322 e. The average Bonchev–Trinajstić information content (AvgIpc) is 3.26. The highest BCUT2D eigenvalue weighted by atomic mass is 19.1. The fraction of sp³-hybridized carbons (Fsp3) is 0.150. The van der Waals surface area contributed by atoms with Crippen molar-refractivity contribution < 1.29 is 9.18 Å². The van der Waals surface area contributed by atoms with Crippen LogP contribution in [0.5, 0.6) is 0 Å². The minimum Gasteiger partial charge on any atom is -0.322 e. The predicted molar refractivity (Wildman–Crippen MR) is 95.0 cm³/mol. The molecule has 1 unspecified atom stereocenters. The number of hydrogen-bond acceptors (Lipinski definition) is 3. The van der Waals surface area contributed by atoms with Gasteiger partial charge in [0.05, 0.1) is 28.5 Å². The van der Waals surface area contributed by atoms with Gasteiger partial charge in [-0.1, -0.05) is 24.3 Å². The highest BCUT2D eigenvalue weighted by molar-refractivity contribution is 5.98. The molecule has 0 spiro atoms. The SMILES string of the molecule is O=C1CC(c2ccc(F)cc2)Cc2c1cnn2-c1nc2ccccc2[nH]1. The molecular formula is C20H15FN4O. The second kappa shape index (κ2) is 5.62. The molecule has 2 aromatic carbocycles. The molecule has 0 amide bonds. The molecule has 6 heteroatoms. The molecule has 5 nitrogen and oxygen atoms in total. The molecule has 0 radical (unpaired) electrons. The number of benzene rings is 2. The molecule has 0 saturated carbocycles. The van der Waals surface area contributed by atoms with Crippen molar-refractivity contribution in [3.8, 4) is 5.95 Å². The number of aromatic nitrogens is 4. The van der Waals surface area contributed by atoms with E-state index >= 15 is 0 Å². The van der Waals surface area contributed by atoms with Gasteiger partial charge in [-0.3, -0.25) is 4.79 Å². The molecule has 2 heterocycles. The van der Waals surface area contributed by atoms with Crippen LogP contribution in [0.4, 0.5) is 4.39 Å². The monoisotopic (exact) mass is 346 g/mol. The molecule has 0 saturated heterocycles. The lowest BCUT2D eigenvalue weighted by atomic mass is 9.82. The van der Waals surface area contributed by atoms with Gasteiger partial charge >= 0.3 is 0 Å². The van der Waals surface area contributed by atoms with Gasteiger partial charge in [0, 0.05) is 6.42 Å². The standard InChI is InChI=1S/C20H15FN4O/c21-14-7-5-12(6-8-14)13-9-18-15(19(26)10-13)11-22-25(18)20-23-16-3-1-2-4-17(16)24-20/h1-8,11,13H,9-10H2,(H,23,24). The first-order chi connectivity index (χ1) is 12.7. The van der Waals surface area contributed by atoms with E-state index < -0.39 is 0 Å². The first kappa shape index (κ1) is 15.0. The Bertz CT molecular complexity index is 1090. The maximum atomic E-state index is 13.2. The van der Waals surface area contributed by atoms with E-state index in [0.29, 0.717) is 24.4 Å². The summed E-state index contributed by atoms with van der Waals surface area (Å²) in [5.74, 6) is 0.391. The fourth-order valence-electron chi connectivity index (χ4n) is 3.64. The molecule has 0 aliphatic heterocycles. The maximum absolute atomic E-state index is 13.2. The number of halogens is 1. The van der Waals surface area contributed by atoms with E-state index in [1.165, 1.54) is 12.1 Å². The van der Waals surface area contributed by atoms with Crippen LogP contribution in [0, 0.1) is 5.82 Å². The Kier molecular flexibility index (Phi) is 3.25. The number of para-hydroxylation sites is 2. The van der Waals surface area contributed by atoms with Crippen molar-refractivity contribution in [1.82, 2.24) is 19.7 Å². The van der Waals surface area contributed by atoms with Gasteiger partial charge in [-0.2, -0.15) is 5.10 Å². The normalized spacial score (nSPS) is 16.8. The Hall–Kier alpha value is -3.28. The molecule has 1 aliphatic carbocycles. The second-order valence-corrected chi connectivity index (χ2v) is 6.57. The lowest BCUT2D eigenvalue weighted by molar-refractivity contribution is 0.0963. The zero-order chi connectivity index (χ0) is 17.7. The highest BCUT2D eigenvalue weighted by Gasteiger charge is 2.30. The minimum absolute atomic E-state index is 0.00966. The number of Topliss-reactive ketones (excluding diaryl/α,β-unsaturated/α-hetero) is 1. The molecule has 0 bridgehead atoms. The third kappa shape index (κ3) is 2.34. The van der Waals surface area contributed by atoms with Gasteiger partial charge in [-0.05, 0) is 42.2 Å². The van der Waals surface area contributed by atoms with Crippen LogP contribution >= 0.6 is 0 Å². The lowest BCUT2D eigenvalue weighted by Crippen LogP contribution is -2.20. The van der Waals surface area contributed by atoms with Gasteiger partial charge in [0.2, 0.25) is 5.95 Å². The van der Waals surface area contributed by atoms with E-state index in [0.717, 1.165) is 22.3 Å². The average molecular weight is 346 g/mol. The summed E-state index contributed by atoms with van der Waals surface area (Å²) in [6.45, 7) is 0. The molecule has 4 aromatic rings. The minimum atomic E-state index is -0.274. The van der Waals surface area contributed by atoms with Gasteiger partial charge in [0.1, 0.15) is 5.82 Å². The first-order valence-electron chi connectivity index (χ1n) is 8.50. The van der Waals surface area contributed by atoms with Gasteiger partial charge < -0.3 is 4.98 Å². The van der Waals surface area contributed by atoms with Crippen LogP contribution in [0.3, 0.4) is 0 Å². The van der Waals surface area contributed by atoms with Crippen LogP contribution in [0.15, 0.2) is 54.7 Å². The number of carbonyl (C=O) groups is 1. The van der Waals surface area contributed by atoms with Crippen molar-refractivity contribution in [2.45, 2.75) is 18.8 Å². The van der Waals surface area contributed by atoms with E-state index in [9.17, 15) is 9.18 Å². The number of carbonyl (C=O) groups excluding carboxylic acids is 1. The van der Waals surface area contributed by atoms with Crippen LogP contribution in [0.25, 0.3) is 17.0 Å². The quantitative estimate of drug-likeness (QED) is 0.600. The van der Waals surface area contributed by atoms with E-state index in [1.54, 1.807) is 23.0 Å². The van der Waals surface area contributed by atoms with Crippen LogP contribution in [0.2, 0.25) is 0 Å². The number of aromatic amines is 1. The van der Waals surface area contributed by atoms with Crippen molar-refractivity contribution >= 4 is 16.8 Å². The molecule has 0 fully saturated rings. The Morgan fingerprint density at radius 1 is 1.08 bits per heavy atom. The summed E-state index contributed by atoms with van der Waals surface area (Å²) in [5, 5.41) is 4.40. The Labute approximate surface area is 148 Å². The van der Waals surface area contributed by atoms with Crippen molar-refractivity contribution in [3.05, 3.63) is 77.4 Å². The van der Waals surface area contributed by atoms with Gasteiger partial charge in [-0.15, -0.1) is 0 Å². The third-order valence-electron chi connectivity index (χ3n) is 4.96. The van der Waals surface area contributed by atoms with E-state index in [4.69, 9.17) is 0 Å². The van der Waals surface area contributed by atoms with E-state index in [2.05, 4.69) is 15.1 Å². The zero-order valence-electron chi connectivity index (χ0n) is 13.8. The van der Waals surface area contributed by atoms with Crippen molar-refractivity contribution in [3.63, 3.8) is 0 Å². The van der Waals surface area contributed by atoms with Gasteiger partial charge in [0.15, 0.2) is 5.78 Å². The Morgan fingerprint density at radius 2 is 1.88 bits per heavy atom. The van der Waals surface area contributed by atoms with Crippen LogP contribution in [0.1, 0.15) is 34.0 Å². The van der Waals surface area contributed by atoms with Gasteiger partial charge in [-0.25, -0.2) is 14.1 Å². The summed E-state index contributed by atoms with van der Waals surface area (Å²) in [5.41, 5.74) is 4.22. The van der Waals surface area contributed by atoms with Crippen molar-refractivity contribution in [1.29, 1.82) is 0 Å². The smallest absolute Gasteiger partial charge is 0.229 e. The number of ketones is 1. The molecule has 2 aromatic heterocycles. The summed E-state index contributed by atoms with van der Waals surface area (Å²) >= 11 is 0. The summed E-state index contributed by atoms with van der Waals surface area (Å²) in [6, 6.07) is 14.1. The molecule has 5 rings (SSSR count). The molecule has 1 aliphatic rings. The van der Waals surface area contributed by atoms with E-state index in [1.807, 2.05) is 24.3 Å². The topological polar surface area (TPSA) is 63.6 Å². The zero-order valence-corrected chi connectivity index (χ0v) is 13.8. The van der Waals surface area contributed by atoms with Gasteiger partial charge in [0.25, 0.3) is 0 Å². The molecule has 1 N–H and O–H groups in total. The highest BCUT2D eigenvalue weighted by Crippen LogP contribution is 2.33. The number of rotatable bonds is 2. The number of nitrogens with one attached hydrogen (secondary N) is 1.